The Kier molecular flexibility index (Phi) is 3.71. The molecule has 2 rings (SSSR count). The van der Waals surface area contributed by atoms with Crippen LogP contribution in [-0.2, 0) is 9.59 Å². The summed E-state index contributed by atoms with van der Waals surface area (Å²) in [4.78, 5) is 26.4. The third kappa shape index (κ3) is 2.53. The highest BCUT2D eigenvalue weighted by atomic mass is 16.5. The van der Waals surface area contributed by atoms with E-state index in [9.17, 15) is 9.59 Å². The number of fused-ring (bicyclic) bond motifs is 1. The highest BCUT2D eigenvalue weighted by Crippen LogP contribution is 2.34. The number of benzene rings is 1. The van der Waals surface area contributed by atoms with Crippen molar-refractivity contribution in [1.82, 2.24) is 0 Å². The lowest BCUT2D eigenvalue weighted by atomic mass is 10.2. The Balaban J connectivity index is 2.30. The van der Waals surface area contributed by atoms with Gasteiger partial charge in [0, 0.05) is 32.7 Å². The molecule has 0 saturated carbocycles. The van der Waals surface area contributed by atoms with Crippen molar-refractivity contribution >= 4 is 23.2 Å². The minimum atomic E-state index is -0.111. The normalized spacial score (nSPS) is 13.8. The van der Waals surface area contributed by atoms with Crippen LogP contribution in [-0.4, -0.2) is 39.1 Å². The van der Waals surface area contributed by atoms with E-state index >= 15 is 0 Å². The van der Waals surface area contributed by atoms with Gasteiger partial charge in [-0.05, 0) is 18.2 Å². The fourth-order valence-electron chi connectivity index (χ4n) is 1.90. The molecule has 19 heavy (non-hydrogen) atoms. The zero-order valence-corrected chi connectivity index (χ0v) is 11.0. The van der Waals surface area contributed by atoms with E-state index in [0.29, 0.717) is 30.1 Å². The van der Waals surface area contributed by atoms with E-state index < -0.39 is 0 Å². The molecule has 2 N–H and O–H groups in total. The van der Waals surface area contributed by atoms with Gasteiger partial charge < -0.3 is 20.3 Å². The molecule has 0 atom stereocenters. The summed E-state index contributed by atoms with van der Waals surface area (Å²) in [6.45, 7) is 0.362. The SMILES string of the molecule is CN(C(=O)CCN)c1ccc2c(c1)N(C)C(=O)CO2. The molecule has 6 heteroatoms. The number of likely N-dealkylation sites (N-methyl/N-ethyl adjacent to an activating group) is 1. The van der Waals surface area contributed by atoms with Crippen molar-refractivity contribution in [3.05, 3.63) is 18.2 Å². The van der Waals surface area contributed by atoms with Gasteiger partial charge in [0.2, 0.25) is 5.91 Å². The van der Waals surface area contributed by atoms with Crippen LogP contribution in [0.3, 0.4) is 0 Å². The number of anilines is 2. The highest BCUT2D eigenvalue weighted by molar-refractivity contribution is 5.99. The quantitative estimate of drug-likeness (QED) is 0.854. The Morgan fingerprint density at radius 2 is 2.26 bits per heavy atom. The first-order valence-electron chi connectivity index (χ1n) is 6.04. The summed E-state index contributed by atoms with van der Waals surface area (Å²) in [5.41, 5.74) is 6.75. The van der Waals surface area contributed by atoms with Crippen LogP contribution in [0.4, 0.5) is 11.4 Å². The van der Waals surface area contributed by atoms with Crippen LogP contribution in [0.1, 0.15) is 6.42 Å². The number of nitrogens with two attached hydrogens (primary N) is 1. The fourth-order valence-corrected chi connectivity index (χ4v) is 1.90. The van der Waals surface area contributed by atoms with Gasteiger partial charge in [0.25, 0.3) is 5.91 Å². The minimum absolute atomic E-state index is 0.0464. The molecule has 2 amide bonds. The number of hydrogen-bond acceptors (Lipinski definition) is 4. The number of rotatable bonds is 3. The molecule has 0 bridgehead atoms. The van der Waals surface area contributed by atoms with Gasteiger partial charge in [-0.1, -0.05) is 0 Å². The predicted molar refractivity (Wildman–Crippen MR) is 72.4 cm³/mol. The largest absolute Gasteiger partial charge is 0.482 e. The standard InChI is InChI=1S/C13H17N3O3/c1-15(12(17)5-6-14)9-3-4-11-10(7-9)16(2)13(18)8-19-11/h3-4,7H,5-6,8,14H2,1-2H3. The number of hydrogen-bond donors (Lipinski definition) is 1. The summed E-state index contributed by atoms with van der Waals surface area (Å²) in [6.07, 6.45) is 0.291. The maximum absolute atomic E-state index is 11.8. The first-order valence-corrected chi connectivity index (χ1v) is 6.04. The van der Waals surface area contributed by atoms with E-state index in [0.717, 1.165) is 0 Å². The van der Waals surface area contributed by atoms with Gasteiger partial charge >= 0.3 is 0 Å². The maximum atomic E-state index is 11.8. The molecule has 6 nitrogen and oxygen atoms in total. The molecule has 0 saturated heterocycles. The highest BCUT2D eigenvalue weighted by Gasteiger charge is 2.23. The average Bonchev–Trinajstić information content (AvgIpc) is 2.42. The van der Waals surface area contributed by atoms with Gasteiger partial charge in [0.05, 0.1) is 5.69 Å². The van der Waals surface area contributed by atoms with Crippen molar-refractivity contribution in [3.8, 4) is 5.75 Å². The summed E-state index contributed by atoms with van der Waals surface area (Å²) >= 11 is 0. The van der Waals surface area contributed by atoms with Crippen molar-refractivity contribution in [2.75, 3.05) is 37.0 Å². The molecule has 0 unspecified atom stereocenters. The zero-order chi connectivity index (χ0) is 14.0. The second kappa shape index (κ2) is 5.27. The van der Waals surface area contributed by atoms with E-state index in [2.05, 4.69) is 0 Å². The van der Waals surface area contributed by atoms with Gasteiger partial charge in [-0.25, -0.2) is 0 Å². The lowest BCUT2D eigenvalue weighted by molar-refractivity contribution is -0.121. The third-order valence-electron chi connectivity index (χ3n) is 3.15. The van der Waals surface area contributed by atoms with Crippen LogP contribution in [0, 0.1) is 0 Å². The number of carbonyl (C=O) groups is 2. The fraction of sp³-hybridized carbons (Fsp3) is 0.385. The molecule has 0 fully saturated rings. The van der Waals surface area contributed by atoms with Crippen LogP contribution in [0.15, 0.2) is 18.2 Å². The van der Waals surface area contributed by atoms with Crippen LogP contribution in [0.5, 0.6) is 5.75 Å². The molecule has 0 aromatic heterocycles. The molecule has 1 aliphatic heterocycles. The zero-order valence-electron chi connectivity index (χ0n) is 11.0. The van der Waals surface area contributed by atoms with Gasteiger partial charge in [-0.15, -0.1) is 0 Å². The first kappa shape index (κ1) is 13.4. The second-order valence-corrected chi connectivity index (χ2v) is 4.38. The van der Waals surface area contributed by atoms with Crippen molar-refractivity contribution in [1.29, 1.82) is 0 Å². The average molecular weight is 263 g/mol. The van der Waals surface area contributed by atoms with Crippen LogP contribution >= 0.6 is 0 Å². The Hall–Kier alpha value is -2.08. The summed E-state index contributed by atoms with van der Waals surface area (Å²) in [5.74, 6) is 0.472. The molecule has 0 aliphatic carbocycles. The lowest BCUT2D eigenvalue weighted by Crippen LogP contribution is -2.36. The van der Waals surface area contributed by atoms with Gasteiger partial charge in [-0.2, -0.15) is 0 Å². The smallest absolute Gasteiger partial charge is 0.264 e. The first-order chi connectivity index (χ1) is 9.04. The number of carbonyl (C=O) groups excluding carboxylic acids is 2. The molecule has 102 valence electrons. The van der Waals surface area contributed by atoms with Crippen LogP contribution in [0.2, 0.25) is 0 Å². The molecule has 1 heterocycles. The summed E-state index contributed by atoms with van der Waals surface area (Å²) < 4.78 is 5.33. The Morgan fingerprint density at radius 1 is 1.53 bits per heavy atom. The van der Waals surface area contributed by atoms with E-state index in [1.807, 2.05) is 0 Å². The van der Waals surface area contributed by atoms with Crippen molar-refractivity contribution < 1.29 is 14.3 Å². The van der Waals surface area contributed by atoms with E-state index in [1.165, 1.54) is 9.80 Å². The third-order valence-corrected chi connectivity index (χ3v) is 3.15. The van der Waals surface area contributed by atoms with Crippen molar-refractivity contribution in [2.45, 2.75) is 6.42 Å². The van der Waals surface area contributed by atoms with E-state index in [-0.39, 0.29) is 18.4 Å². The van der Waals surface area contributed by atoms with E-state index in [1.54, 1.807) is 32.3 Å². The molecular weight excluding hydrogens is 246 g/mol. The van der Waals surface area contributed by atoms with Gasteiger partial charge in [0.1, 0.15) is 5.75 Å². The minimum Gasteiger partial charge on any atom is -0.482 e. The number of nitrogens with zero attached hydrogens (tertiary/aromatic N) is 2. The Bertz CT molecular complexity index is 516. The summed E-state index contributed by atoms with van der Waals surface area (Å²) in [5, 5.41) is 0. The van der Waals surface area contributed by atoms with Crippen molar-refractivity contribution in [3.63, 3.8) is 0 Å². The summed E-state index contributed by atoms with van der Waals surface area (Å²) in [6, 6.07) is 5.32. The molecule has 0 radical (unpaired) electrons. The van der Waals surface area contributed by atoms with E-state index in [4.69, 9.17) is 10.5 Å². The van der Waals surface area contributed by atoms with Crippen LogP contribution < -0.4 is 20.3 Å². The van der Waals surface area contributed by atoms with Crippen molar-refractivity contribution in [2.24, 2.45) is 5.73 Å². The number of amides is 2. The second-order valence-electron chi connectivity index (χ2n) is 4.38. The monoisotopic (exact) mass is 263 g/mol. The molecule has 1 aliphatic rings. The van der Waals surface area contributed by atoms with Gasteiger partial charge in [0.15, 0.2) is 6.61 Å². The molecule has 1 aromatic carbocycles. The molecule has 0 spiro atoms. The molecular formula is C13H17N3O3. The summed E-state index contributed by atoms with van der Waals surface area (Å²) in [7, 11) is 3.38. The topological polar surface area (TPSA) is 75.9 Å². The predicted octanol–water partition coefficient (Wildman–Crippen LogP) is 0.353. The maximum Gasteiger partial charge on any atom is 0.264 e. The Morgan fingerprint density at radius 3 is 2.95 bits per heavy atom. The van der Waals surface area contributed by atoms with Crippen LogP contribution in [0.25, 0.3) is 0 Å². The van der Waals surface area contributed by atoms with Gasteiger partial charge in [-0.3, -0.25) is 9.59 Å². The Labute approximate surface area is 111 Å². The number of ether oxygens (including phenoxy) is 1. The molecule has 1 aromatic rings. The lowest BCUT2D eigenvalue weighted by Gasteiger charge is -2.27.